The molecule has 2 unspecified atom stereocenters. The van der Waals surface area contributed by atoms with Crippen LogP contribution in [0.5, 0.6) is 0 Å². The third-order valence-electron chi connectivity index (χ3n) is 1.41. The van der Waals surface area contributed by atoms with Gasteiger partial charge in [0.15, 0.2) is 6.10 Å². The molecule has 0 aromatic heterocycles. The van der Waals surface area contributed by atoms with Crippen molar-refractivity contribution in [1.29, 1.82) is 0 Å². The van der Waals surface area contributed by atoms with Crippen molar-refractivity contribution in [3.05, 3.63) is 12.3 Å². The van der Waals surface area contributed by atoms with Gasteiger partial charge >= 0.3 is 11.8 Å². The van der Waals surface area contributed by atoms with Gasteiger partial charge in [-0.15, -0.1) is 0 Å². The van der Waals surface area contributed by atoms with Crippen LogP contribution >= 0.6 is 0 Å². The van der Waals surface area contributed by atoms with Gasteiger partial charge in [0.25, 0.3) is 0 Å². The van der Waals surface area contributed by atoms with Crippen LogP contribution in [0.2, 0.25) is 0 Å². The van der Waals surface area contributed by atoms with E-state index in [9.17, 15) is 4.79 Å². The van der Waals surface area contributed by atoms with E-state index < -0.39 is 11.8 Å². The smallest absolute Gasteiger partial charge is 0.380 e. The first-order valence-electron chi connectivity index (χ1n) is 2.51. The SMILES string of the molecule is O=C(O)C12OC=CC1O2. The van der Waals surface area contributed by atoms with Gasteiger partial charge in [0, 0.05) is 0 Å². The third kappa shape index (κ3) is 0.392. The van der Waals surface area contributed by atoms with Crippen molar-refractivity contribution in [2.24, 2.45) is 0 Å². The molecule has 0 amide bonds. The van der Waals surface area contributed by atoms with E-state index in [1.807, 2.05) is 0 Å². The zero-order valence-electron chi connectivity index (χ0n) is 4.40. The number of hydrogen-bond acceptors (Lipinski definition) is 3. The molecular weight excluding hydrogens is 124 g/mol. The molecule has 2 rings (SSSR count). The van der Waals surface area contributed by atoms with Crippen molar-refractivity contribution < 1.29 is 19.4 Å². The summed E-state index contributed by atoms with van der Waals surface area (Å²) in [7, 11) is 0. The summed E-state index contributed by atoms with van der Waals surface area (Å²) in [6.07, 6.45) is 2.58. The highest BCUT2D eigenvalue weighted by atomic mass is 16.8. The van der Waals surface area contributed by atoms with E-state index >= 15 is 0 Å². The van der Waals surface area contributed by atoms with Crippen LogP contribution in [-0.4, -0.2) is 23.0 Å². The second-order valence-electron chi connectivity index (χ2n) is 1.96. The lowest BCUT2D eigenvalue weighted by atomic mass is 10.3. The number of epoxide rings is 1. The van der Waals surface area contributed by atoms with E-state index in [-0.39, 0.29) is 6.10 Å². The number of carboxylic acids is 1. The molecule has 1 N–H and O–H groups in total. The lowest BCUT2D eigenvalue weighted by Crippen LogP contribution is -2.25. The predicted molar refractivity (Wildman–Crippen MR) is 25.5 cm³/mol. The summed E-state index contributed by atoms with van der Waals surface area (Å²) in [5.41, 5.74) is 0. The van der Waals surface area contributed by atoms with Crippen molar-refractivity contribution in [2.45, 2.75) is 11.9 Å². The fourth-order valence-corrected chi connectivity index (χ4v) is 0.850. The average molecular weight is 128 g/mol. The lowest BCUT2D eigenvalue weighted by Gasteiger charge is -2.00. The minimum absolute atomic E-state index is 0.352. The Hall–Kier alpha value is -1.03. The maximum atomic E-state index is 10.3. The molecule has 0 spiro atoms. The molecule has 2 atom stereocenters. The number of ether oxygens (including phenoxy) is 2. The monoisotopic (exact) mass is 128 g/mol. The van der Waals surface area contributed by atoms with Gasteiger partial charge in [-0.1, -0.05) is 0 Å². The highest BCUT2D eigenvalue weighted by molar-refractivity contribution is 5.80. The number of carboxylic acid groups (broad SMARTS) is 1. The molecule has 2 aliphatic heterocycles. The molecule has 4 nitrogen and oxygen atoms in total. The fourth-order valence-electron chi connectivity index (χ4n) is 0.850. The van der Waals surface area contributed by atoms with Crippen molar-refractivity contribution in [1.82, 2.24) is 0 Å². The van der Waals surface area contributed by atoms with Crippen molar-refractivity contribution >= 4 is 5.97 Å². The third-order valence-corrected chi connectivity index (χ3v) is 1.41. The van der Waals surface area contributed by atoms with Gasteiger partial charge in [-0.3, -0.25) is 0 Å². The van der Waals surface area contributed by atoms with E-state index in [0.717, 1.165) is 0 Å². The van der Waals surface area contributed by atoms with Gasteiger partial charge in [0.1, 0.15) is 0 Å². The van der Waals surface area contributed by atoms with Gasteiger partial charge in [-0.2, -0.15) is 0 Å². The number of carbonyl (C=O) groups is 1. The van der Waals surface area contributed by atoms with E-state index in [2.05, 4.69) is 4.74 Å². The molecule has 1 fully saturated rings. The first kappa shape index (κ1) is 4.81. The van der Waals surface area contributed by atoms with Crippen LogP contribution < -0.4 is 0 Å². The Balaban J connectivity index is 2.24. The summed E-state index contributed by atoms with van der Waals surface area (Å²) >= 11 is 0. The molecule has 9 heavy (non-hydrogen) atoms. The Morgan fingerprint density at radius 1 is 1.78 bits per heavy atom. The van der Waals surface area contributed by atoms with Gasteiger partial charge in [-0.05, 0) is 6.08 Å². The van der Waals surface area contributed by atoms with Crippen molar-refractivity contribution in [3.63, 3.8) is 0 Å². The minimum atomic E-state index is -1.33. The van der Waals surface area contributed by atoms with Crippen molar-refractivity contribution in [2.75, 3.05) is 0 Å². The number of aliphatic carboxylic acids is 1. The van der Waals surface area contributed by atoms with Crippen LogP contribution in [0, 0.1) is 0 Å². The summed E-state index contributed by atoms with van der Waals surface area (Å²) in [5.74, 6) is -2.39. The average Bonchev–Trinajstić information content (AvgIpc) is 2.38. The molecule has 2 heterocycles. The molecule has 0 aromatic rings. The molecule has 4 heteroatoms. The molecule has 48 valence electrons. The quantitative estimate of drug-likeness (QED) is 0.493. The van der Waals surface area contributed by atoms with Crippen LogP contribution in [0.15, 0.2) is 12.3 Å². The van der Waals surface area contributed by atoms with Crippen LogP contribution in [-0.2, 0) is 14.3 Å². The van der Waals surface area contributed by atoms with Gasteiger partial charge in [0.2, 0.25) is 0 Å². The standard InChI is InChI=1S/C5H4O4/c6-4(7)5-3(9-5)1-2-8-5/h1-3H,(H,6,7). The molecule has 0 radical (unpaired) electrons. The lowest BCUT2D eigenvalue weighted by molar-refractivity contribution is -0.157. The number of fused-ring (bicyclic) bond motifs is 1. The zero-order chi connectivity index (χ0) is 6.48. The minimum Gasteiger partial charge on any atom is -0.476 e. The van der Waals surface area contributed by atoms with E-state index in [4.69, 9.17) is 9.84 Å². The summed E-state index contributed by atoms with van der Waals surface area (Å²) in [6, 6.07) is 0. The second kappa shape index (κ2) is 1.11. The topological polar surface area (TPSA) is 59.1 Å². The Morgan fingerprint density at radius 3 is 2.78 bits per heavy atom. The Kier molecular flexibility index (Phi) is 0.593. The Labute approximate surface area is 50.7 Å². The molecule has 0 aromatic carbocycles. The first-order chi connectivity index (χ1) is 4.26. The maximum absolute atomic E-state index is 10.3. The number of hydrogen-bond donors (Lipinski definition) is 1. The van der Waals surface area contributed by atoms with Crippen LogP contribution in [0.4, 0.5) is 0 Å². The van der Waals surface area contributed by atoms with E-state index in [1.165, 1.54) is 6.26 Å². The van der Waals surface area contributed by atoms with Crippen molar-refractivity contribution in [3.8, 4) is 0 Å². The molecule has 2 aliphatic rings. The number of rotatable bonds is 1. The first-order valence-corrected chi connectivity index (χ1v) is 2.51. The van der Waals surface area contributed by atoms with Gasteiger partial charge in [0.05, 0.1) is 6.26 Å². The second-order valence-corrected chi connectivity index (χ2v) is 1.96. The summed E-state index contributed by atoms with van der Waals surface area (Å²) < 4.78 is 9.37. The molecular formula is C5H4O4. The summed E-state index contributed by atoms with van der Waals surface area (Å²) in [5, 5.41) is 8.42. The molecule has 0 bridgehead atoms. The maximum Gasteiger partial charge on any atom is 0.380 e. The molecule has 0 saturated carbocycles. The van der Waals surface area contributed by atoms with Crippen LogP contribution in [0.25, 0.3) is 0 Å². The normalized spacial score (nSPS) is 43.8. The van der Waals surface area contributed by atoms with Gasteiger partial charge < -0.3 is 14.6 Å². The highest BCUT2D eigenvalue weighted by Crippen LogP contribution is 2.43. The van der Waals surface area contributed by atoms with Crippen LogP contribution in [0.1, 0.15) is 0 Å². The molecule has 0 aliphatic carbocycles. The summed E-state index contributed by atoms with van der Waals surface area (Å²) in [4.78, 5) is 10.3. The Bertz CT molecular complexity index is 197. The van der Waals surface area contributed by atoms with E-state index in [1.54, 1.807) is 6.08 Å². The van der Waals surface area contributed by atoms with Gasteiger partial charge in [-0.25, -0.2) is 4.79 Å². The largest absolute Gasteiger partial charge is 0.476 e. The predicted octanol–water partition coefficient (Wildman–Crippen LogP) is -0.290. The zero-order valence-corrected chi connectivity index (χ0v) is 4.40. The van der Waals surface area contributed by atoms with Crippen LogP contribution in [0.3, 0.4) is 0 Å². The fraction of sp³-hybridized carbons (Fsp3) is 0.400. The highest BCUT2D eigenvalue weighted by Gasteiger charge is 2.67. The molecule has 1 saturated heterocycles. The Morgan fingerprint density at radius 2 is 2.56 bits per heavy atom. The summed E-state index contributed by atoms with van der Waals surface area (Å²) in [6.45, 7) is 0. The van der Waals surface area contributed by atoms with E-state index in [0.29, 0.717) is 0 Å².